The molecule has 0 aromatic heterocycles. The van der Waals surface area contributed by atoms with E-state index in [1.807, 2.05) is 0 Å². The highest BCUT2D eigenvalue weighted by Crippen LogP contribution is 2.24. The zero-order chi connectivity index (χ0) is 15.9. The third-order valence-corrected chi connectivity index (χ3v) is 2.92. The van der Waals surface area contributed by atoms with Crippen LogP contribution in [0.2, 0.25) is 0 Å². The minimum absolute atomic E-state index is 0.112. The van der Waals surface area contributed by atoms with Crippen LogP contribution < -0.4 is 25.3 Å². The molecule has 0 aliphatic rings. The number of ether oxygens (including phenoxy) is 3. The Morgan fingerprint density at radius 1 is 1.09 bits per heavy atom. The standard InChI is InChI=1S/C16H18N2O4/c1-20-12-4-3-5-13(9-12)22-10-16(19)18-11-6-7-15(21-2)14(17)8-11/h3-9H,10,17H2,1-2H3,(H,18,19). The predicted molar refractivity (Wildman–Crippen MR) is 84.5 cm³/mol. The molecule has 6 nitrogen and oxygen atoms in total. The smallest absolute Gasteiger partial charge is 0.262 e. The average Bonchev–Trinajstić information content (AvgIpc) is 2.53. The maximum atomic E-state index is 11.9. The lowest BCUT2D eigenvalue weighted by Gasteiger charge is -2.10. The Bertz CT molecular complexity index is 658. The topological polar surface area (TPSA) is 82.8 Å². The van der Waals surface area contributed by atoms with Gasteiger partial charge in [-0.2, -0.15) is 0 Å². The number of nitrogens with two attached hydrogens (primary N) is 1. The zero-order valence-corrected chi connectivity index (χ0v) is 12.5. The molecule has 2 rings (SSSR count). The van der Waals surface area contributed by atoms with Gasteiger partial charge < -0.3 is 25.3 Å². The Kier molecular flexibility index (Phi) is 5.08. The predicted octanol–water partition coefficient (Wildman–Crippen LogP) is 2.30. The molecule has 0 atom stereocenters. The number of anilines is 2. The van der Waals surface area contributed by atoms with E-state index in [0.29, 0.717) is 28.6 Å². The van der Waals surface area contributed by atoms with Crippen molar-refractivity contribution < 1.29 is 19.0 Å². The molecule has 22 heavy (non-hydrogen) atoms. The van der Waals surface area contributed by atoms with E-state index in [1.165, 1.54) is 7.11 Å². The maximum Gasteiger partial charge on any atom is 0.262 e. The lowest BCUT2D eigenvalue weighted by atomic mass is 10.2. The van der Waals surface area contributed by atoms with Gasteiger partial charge in [-0.3, -0.25) is 4.79 Å². The summed E-state index contributed by atoms with van der Waals surface area (Å²) in [6, 6.07) is 12.1. The molecular weight excluding hydrogens is 284 g/mol. The first kappa shape index (κ1) is 15.5. The first-order valence-electron chi connectivity index (χ1n) is 6.62. The normalized spacial score (nSPS) is 9.91. The molecule has 6 heteroatoms. The van der Waals surface area contributed by atoms with Gasteiger partial charge in [0.15, 0.2) is 6.61 Å². The fourth-order valence-electron chi connectivity index (χ4n) is 1.85. The quantitative estimate of drug-likeness (QED) is 0.800. The maximum absolute atomic E-state index is 11.9. The van der Waals surface area contributed by atoms with E-state index in [9.17, 15) is 4.79 Å². The summed E-state index contributed by atoms with van der Waals surface area (Å²) in [6.07, 6.45) is 0. The monoisotopic (exact) mass is 302 g/mol. The molecule has 0 saturated heterocycles. The Hall–Kier alpha value is -2.89. The van der Waals surface area contributed by atoms with Gasteiger partial charge >= 0.3 is 0 Å². The molecule has 0 aliphatic heterocycles. The highest BCUT2D eigenvalue weighted by molar-refractivity contribution is 5.92. The summed E-state index contributed by atoms with van der Waals surface area (Å²) in [5.74, 6) is 1.50. The van der Waals surface area contributed by atoms with Crippen LogP contribution in [0.25, 0.3) is 0 Å². The minimum atomic E-state index is -0.285. The molecule has 0 heterocycles. The van der Waals surface area contributed by atoms with Crippen LogP contribution in [0.1, 0.15) is 0 Å². The molecule has 1 amide bonds. The van der Waals surface area contributed by atoms with E-state index in [-0.39, 0.29) is 12.5 Å². The first-order valence-corrected chi connectivity index (χ1v) is 6.62. The minimum Gasteiger partial charge on any atom is -0.497 e. The van der Waals surface area contributed by atoms with Crippen molar-refractivity contribution in [3.8, 4) is 17.2 Å². The molecule has 116 valence electrons. The average molecular weight is 302 g/mol. The van der Waals surface area contributed by atoms with Crippen LogP contribution in [0, 0.1) is 0 Å². The number of benzene rings is 2. The van der Waals surface area contributed by atoms with Crippen molar-refractivity contribution in [2.24, 2.45) is 0 Å². The molecule has 2 aromatic carbocycles. The molecule has 0 aliphatic carbocycles. The van der Waals surface area contributed by atoms with Gasteiger partial charge in [0.05, 0.1) is 19.9 Å². The molecule has 0 spiro atoms. The molecule has 0 saturated carbocycles. The summed E-state index contributed by atoms with van der Waals surface area (Å²) in [5, 5.41) is 2.70. The largest absolute Gasteiger partial charge is 0.497 e. The number of hydrogen-bond donors (Lipinski definition) is 2. The fourth-order valence-corrected chi connectivity index (χ4v) is 1.85. The second kappa shape index (κ2) is 7.21. The number of methoxy groups -OCH3 is 2. The summed E-state index contributed by atoms with van der Waals surface area (Å²) in [5.41, 5.74) is 6.82. The van der Waals surface area contributed by atoms with Crippen LogP contribution in [0.3, 0.4) is 0 Å². The highest BCUT2D eigenvalue weighted by Gasteiger charge is 2.06. The second-order valence-electron chi connectivity index (χ2n) is 4.47. The van der Waals surface area contributed by atoms with Crippen LogP contribution in [0.15, 0.2) is 42.5 Å². The van der Waals surface area contributed by atoms with Crippen LogP contribution in [0.4, 0.5) is 11.4 Å². The van der Waals surface area contributed by atoms with Gasteiger partial charge in [-0.25, -0.2) is 0 Å². The van der Waals surface area contributed by atoms with Crippen LogP contribution in [-0.4, -0.2) is 26.7 Å². The van der Waals surface area contributed by atoms with Crippen LogP contribution in [0.5, 0.6) is 17.2 Å². The van der Waals surface area contributed by atoms with Gasteiger partial charge in [0.25, 0.3) is 5.91 Å². The summed E-state index contributed by atoms with van der Waals surface area (Å²) < 4.78 is 15.6. The van der Waals surface area contributed by atoms with Gasteiger partial charge in [-0.15, -0.1) is 0 Å². The Balaban J connectivity index is 1.91. The van der Waals surface area contributed by atoms with E-state index in [2.05, 4.69) is 5.32 Å². The molecule has 2 aromatic rings. The van der Waals surface area contributed by atoms with E-state index in [1.54, 1.807) is 49.6 Å². The summed E-state index contributed by atoms with van der Waals surface area (Å²) in [4.78, 5) is 11.9. The van der Waals surface area contributed by atoms with Crippen LogP contribution in [-0.2, 0) is 4.79 Å². The van der Waals surface area contributed by atoms with E-state index in [0.717, 1.165) is 0 Å². The van der Waals surface area contributed by atoms with Gasteiger partial charge in [-0.05, 0) is 30.3 Å². The Morgan fingerprint density at radius 3 is 2.55 bits per heavy atom. The SMILES string of the molecule is COc1cccc(OCC(=O)Nc2ccc(OC)c(N)c2)c1. The molecule has 0 fully saturated rings. The van der Waals surface area contributed by atoms with Crippen molar-refractivity contribution in [3.63, 3.8) is 0 Å². The molecule has 0 bridgehead atoms. The number of nitrogens with one attached hydrogen (secondary N) is 1. The fraction of sp³-hybridized carbons (Fsp3) is 0.188. The number of hydrogen-bond acceptors (Lipinski definition) is 5. The van der Waals surface area contributed by atoms with Crippen molar-refractivity contribution in [1.29, 1.82) is 0 Å². The first-order chi connectivity index (χ1) is 10.6. The summed E-state index contributed by atoms with van der Waals surface area (Å²) in [6.45, 7) is -0.112. The zero-order valence-electron chi connectivity index (χ0n) is 12.5. The highest BCUT2D eigenvalue weighted by atomic mass is 16.5. The number of nitrogen functional groups attached to an aromatic ring is 1. The van der Waals surface area contributed by atoms with E-state index in [4.69, 9.17) is 19.9 Å². The second-order valence-corrected chi connectivity index (χ2v) is 4.47. The Labute approximate surface area is 128 Å². The van der Waals surface area contributed by atoms with Crippen molar-refractivity contribution in [2.75, 3.05) is 31.9 Å². The summed E-state index contributed by atoms with van der Waals surface area (Å²) >= 11 is 0. The van der Waals surface area contributed by atoms with Gasteiger partial charge in [-0.1, -0.05) is 6.07 Å². The lowest BCUT2D eigenvalue weighted by molar-refractivity contribution is -0.118. The van der Waals surface area contributed by atoms with Crippen molar-refractivity contribution in [3.05, 3.63) is 42.5 Å². The number of rotatable bonds is 6. The van der Waals surface area contributed by atoms with Crippen molar-refractivity contribution in [2.45, 2.75) is 0 Å². The lowest BCUT2D eigenvalue weighted by Crippen LogP contribution is -2.20. The van der Waals surface area contributed by atoms with Gasteiger partial charge in [0, 0.05) is 11.8 Å². The molecular formula is C16H18N2O4. The van der Waals surface area contributed by atoms with E-state index >= 15 is 0 Å². The third-order valence-electron chi connectivity index (χ3n) is 2.92. The van der Waals surface area contributed by atoms with Crippen molar-refractivity contribution in [1.82, 2.24) is 0 Å². The number of amides is 1. The van der Waals surface area contributed by atoms with Gasteiger partial charge in [0.2, 0.25) is 0 Å². The van der Waals surface area contributed by atoms with Gasteiger partial charge in [0.1, 0.15) is 17.2 Å². The molecule has 0 unspecified atom stereocenters. The van der Waals surface area contributed by atoms with Crippen molar-refractivity contribution >= 4 is 17.3 Å². The molecule has 0 radical (unpaired) electrons. The van der Waals surface area contributed by atoms with E-state index < -0.39 is 0 Å². The van der Waals surface area contributed by atoms with Crippen LogP contribution >= 0.6 is 0 Å². The number of carbonyl (C=O) groups is 1. The Morgan fingerprint density at radius 2 is 1.86 bits per heavy atom. The molecule has 3 N–H and O–H groups in total. The summed E-state index contributed by atoms with van der Waals surface area (Å²) in [7, 11) is 3.10. The number of carbonyl (C=O) groups excluding carboxylic acids is 1. The third kappa shape index (κ3) is 4.05.